The number of thioether (sulfide) groups is 1. The third-order valence-electron chi connectivity index (χ3n) is 4.47. The lowest BCUT2D eigenvalue weighted by Crippen LogP contribution is -2.48. The molecule has 0 aliphatic carbocycles. The molecule has 3 heterocycles. The van der Waals surface area contributed by atoms with Gasteiger partial charge < -0.3 is 4.98 Å². The minimum absolute atomic E-state index is 0.141. The largest absolute Gasteiger partial charge is 0.346 e. The Morgan fingerprint density at radius 2 is 2.39 bits per heavy atom. The molecular weight excluding hydrogens is 310 g/mol. The van der Waals surface area contributed by atoms with E-state index in [9.17, 15) is 4.79 Å². The van der Waals surface area contributed by atoms with Crippen LogP contribution in [0.25, 0.3) is 11.0 Å². The Morgan fingerprint density at radius 1 is 1.52 bits per heavy atom. The third-order valence-corrected chi connectivity index (χ3v) is 5.08. The quantitative estimate of drug-likeness (QED) is 0.875. The molecule has 0 radical (unpaired) electrons. The first-order valence-corrected chi connectivity index (χ1v) is 9.38. The van der Waals surface area contributed by atoms with Crippen molar-refractivity contribution in [2.75, 3.05) is 37.2 Å². The highest BCUT2D eigenvalue weighted by Gasteiger charge is 2.28. The van der Waals surface area contributed by atoms with E-state index < -0.39 is 0 Å². The molecule has 1 aliphatic heterocycles. The van der Waals surface area contributed by atoms with Gasteiger partial charge in [-0.2, -0.15) is 11.8 Å². The van der Waals surface area contributed by atoms with Crippen LogP contribution >= 0.6 is 11.8 Å². The van der Waals surface area contributed by atoms with Crippen molar-refractivity contribution in [1.82, 2.24) is 20.0 Å². The monoisotopic (exact) mass is 333 g/mol. The zero-order chi connectivity index (χ0) is 16.2. The maximum absolute atomic E-state index is 12.3. The number of ketones is 1. The molecule has 0 aromatic carbocycles. The van der Waals surface area contributed by atoms with Crippen LogP contribution in [0, 0.1) is 5.92 Å². The maximum atomic E-state index is 12.3. The van der Waals surface area contributed by atoms with E-state index in [1.165, 1.54) is 0 Å². The van der Waals surface area contributed by atoms with Gasteiger partial charge in [-0.15, -0.1) is 0 Å². The number of H-pyrrole nitrogens is 1. The highest BCUT2D eigenvalue weighted by molar-refractivity contribution is 7.98. The van der Waals surface area contributed by atoms with Crippen LogP contribution in [0.4, 0.5) is 5.82 Å². The lowest BCUT2D eigenvalue weighted by atomic mass is 9.93. The molecule has 6 nitrogen and oxygen atoms in total. The Balaban J connectivity index is 1.73. The van der Waals surface area contributed by atoms with Gasteiger partial charge in [0, 0.05) is 38.7 Å². The summed E-state index contributed by atoms with van der Waals surface area (Å²) in [5, 5.41) is 5.32. The average molecular weight is 333 g/mol. The van der Waals surface area contributed by atoms with Gasteiger partial charge in [0.25, 0.3) is 0 Å². The number of nitrogens with zero attached hydrogens (tertiary/aromatic N) is 4. The average Bonchev–Trinajstić information content (AvgIpc) is 3.07. The molecule has 0 saturated carbocycles. The Hall–Kier alpha value is -1.60. The van der Waals surface area contributed by atoms with Gasteiger partial charge >= 0.3 is 0 Å². The fraction of sp³-hybridized carbons (Fsp3) is 0.562. The summed E-state index contributed by atoms with van der Waals surface area (Å²) in [6.07, 6.45) is 8.23. The van der Waals surface area contributed by atoms with Crippen molar-refractivity contribution in [2.45, 2.75) is 19.3 Å². The molecule has 3 rings (SSSR count). The van der Waals surface area contributed by atoms with Crippen molar-refractivity contribution in [2.24, 2.45) is 5.92 Å². The third kappa shape index (κ3) is 3.50. The van der Waals surface area contributed by atoms with Gasteiger partial charge in [-0.3, -0.25) is 9.80 Å². The number of hydrogen-bond donors (Lipinski definition) is 1. The molecule has 0 spiro atoms. The predicted molar refractivity (Wildman–Crippen MR) is 94.6 cm³/mol. The van der Waals surface area contributed by atoms with Crippen LogP contribution in [0.2, 0.25) is 0 Å². The first-order chi connectivity index (χ1) is 11.2. The standard InChI is InChI=1S/C16H23N5OS/c1-20(16-13-5-7-17-15(13)18-11-19-16)21-8-3-4-12(10-21)14(22)6-9-23-2/h5,7,11-12H,3-4,6,8-10H2,1-2H3,(H,17,18,19). The molecule has 2 aromatic heterocycles. The number of aromatic amines is 1. The smallest absolute Gasteiger partial charge is 0.155 e. The number of aromatic nitrogens is 3. The van der Waals surface area contributed by atoms with Gasteiger partial charge in [-0.05, 0) is 30.9 Å². The molecule has 1 N–H and O–H groups in total. The highest BCUT2D eigenvalue weighted by atomic mass is 32.2. The van der Waals surface area contributed by atoms with E-state index in [1.807, 2.05) is 25.6 Å². The molecule has 2 aromatic rings. The summed E-state index contributed by atoms with van der Waals surface area (Å²) in [5.74, 6) is 2.34. The van der Waals surface area contributed by atoms with Crippen LogP contribution in [0.5, 0.6) is 0 Å². The summed E-state index contributed by atoms with van der Waals surface area (Å²) < 4.78 is 0. The van der Waals surface area contributed by atoms with Gasteiger partial charge in [0.05, 0.1) is 5.39 Å². The lowest BCUT2D eigenvalue weighted by molar-refractivity contribution is -0.124. The summed E-state index contributed by atoms with van der Waals surface area (Å²) in [6, 6.07) is 1.99. The van der Waals surface area contributed by atoms with Crippen molar-refractivity contribution in [3.63, 3.8) is 0 Å². The molecule has 7 heteroatoms. The Morgan fingerprint density at radius 3 is 3.22 bits per heavy atom. The molecule has 1 saturated heterocycles. The minimum Gasteiger partial charge on any atom is -0.346 e. The number of Topliss-reactive ketones (excluding diaryl/α,β-unsaturated/α-hetero) is 1. The highest BCUT2D eigenvalue weighted by Crippen LogP contribution is 2.26. The normalized spacial score (nSPS) is 19.1. The van der Waals surface area contributed by atoms with E-state index >= 15 is 0 Å². The summed E-state index contributed by atoms with van der Waals surface area (Å²) in [4.78, 5) is 24.1. The number of anilines is 1. The van der Waals surface area contributed by atoms with Crippen LogP contribution in [0.1, 0.15) is 19.3 Å². The predicted octanol–water partition coefficient (Wildman–Crippen LogP) is 2.34. The first kappa shape index (κ1) is 16.3. The minimum atomic E-state index is 0.141. The van der Waals surface area contributed by atoms with Crippen LogP contribution in [-0.2, 0) is 4.79 Å². The van der Waals surface area contributed by atoms with Crippen LogP contribution in [-0.4, -0.2) is 57.9 Å². The zero-order valence-corrected chi connectivity index (χ0v) is 14.5. The molecule has 124 valence electrons. The molecular formula is C16H23N5OS. The molecule has 1 atom stereocenters. The van der Waals surface area contributed by atoms with Crippen molar-refractivity contribution < 1.29 is 4.79 Å². The summed E-state index contributed by atoms with van der Waals surface area (Å²) in [7, 11) is 2.02. The fourth-order valence-corrected chi connectivity index (χ4v) is 3.56. The SMILES string of the molecule is CSCCC(=O)C1CCCN(N(C)c2ncnc3[nH]ccc23)C1. The van der Waals surface area contributed by atoms with Gasteiger partial charge in [0.15, 0.2) is 5.82 Å². The Labute approximate surface area is 140 Å². The second kappa shape index (κ2) is 7.31. The summed E-state index contributed by atoms with van der Waals surface area (Å²) >= 11 is 1.74. The second-order valence-corrected chi connectivity index (χ2v) is 6.91. The molecule has 1 unspecified atom stereocenters. The summed E-state index contributed by atoms with van der Waals surface area (Å²) in [6.45, 7) is 1.73. The molecule has 1 fully saturated rings. The maximum Gasteiger partial charge on any atom is 0.155 e. The number of piperidine rings is 1. The van der Waals surface area contributed by atoms with Crippen molar-refractivity contribution >= 4 is 34.4 Å². The lowest BCUT2D eigenvalue weighted by Gasteiger charge is -2.38. The van der Waals surface area contributed by atoms with E-state index in [2.05, 4.69) is 25.0 Å². The van der Waals surface area contributed by atoms with Crippen LogP contribution in [0.3, 0.4) is 0 Å². The number of hydrazine groups is 1. The Bertz CT molecular complexity index is 673. The summed E-state index contributed by atoms with van der Waals surface area (Å²) in [5.41, 5.74) is 0.839. The first-order valence-electron chi connectivity index (χ1n) is 7.99. The van der Waals surface area contributed by atoms with Crippen molar-refractivity contribution in [3.05, 3.63) is 18.6 Å². The number of hydrogen-bond acceptors (Lipinski definition) is 6. The molecule has 23 heavy (non-hydrogen) atoms. The number of fused-ring (bicyclic) bond motifs is 1. The van der Waals surface area contributed by atoms with Gasteiger partial charge in [-0.25, -0.2) is 15.0 Å². The van der Waals surface area contributed by atoms with Gasteiger partial charge in [0.1, 0.15) is 17.8 Å². The molecule has 0 amide bonds. The Kier molecular flexibility index (Phi) is 5.17. The van der Waals surface area contributed by atoms with E-state index in [-0.39, 0.29) is 5.92 Å². The van der Waals surface area contributed by atoms with E-state index in [0.29, 0.717) is 12.2 Å². The van der Waals surface area contributed by atoms with Crippen LogP contribution in [0.15, 0.2) is 18.6 Å². The van der Waals surface area contributed by atoms with Crippen molar-refractivity contribution in [3.8, 4) is 0 Å². The number of carbonyl (C=O) groups is 1. The topological polar surface area (TPSA) is 65.1 Å². The second-order valence-electron chi connectivity index (χ2n) is 5.92. The molecule has 1 aliphatic rings. The van der Waals surface area contributed by atoms with Gasteiger partial charge in [-0.1, -0.05) is 0 Å². The van der Waals surface area contributed by atoms with E-state index in [4.69, 9.17) is 0 Å². The number of rotatable bonds is 6. The van der Waals surface area contributed by atoms with E-state index in [1.54, 1.807) is 18.1 Å². The van der Waals surface area contributed by atoms with E-state index in [0.717, 1.165) is 48.5 Å². The molecule has 0 bridgehead atoms. The van der Waals surface area contributed by atoms with Gasteiger partial charge in [0.2, 0.25) is 0 Å². The fourth-order valence-electron chi connectivity index (χ4n) is 3.15. The number of carbonyl (C=O) groups excluding carboxylic acids is 1. The van der Waals surface area contributed by atoms with Crippen LogP contribution < -0.4 is 5.01 Å². The number of nitrogens with one attached hydrogen (secondary N) is 1. The van der Waals surface area contributed by atoms with Crippen molar-refractivity contribution in [1.29, 1.82) is 0 Å². The zero-order valence-electron chi connectivity index (χ0n) is 13.7.